The Morgan fingerprint density at radius 1 is 1.16 bits per heavy atom. The van der Waals surface area contributed by atoms with Crippen LogP contribution in [0, 0.1) is 0 Å². The van der Waals surface area contributed by atoms with Gasteiger partial charge in [-0.1, -0.05) is 29.8 Å². The Balaban J connectivity index is 1.69. The molecule has 2 aromatic carbocycles. The molecule has 164 valence electrons. The Morgan fingerprint density at radius 3 is 2.58 bits per heavy atom. The first-order chi connectivity index (χ1) is 15.0. The minimum Gasteiger partial charge on any atom is -0.490 e. The highest BCUT2D eigenvalue weighted by Crippen LogP contribution is 2.31. The zero-order chi connectivity index (χ0) is 22.4. The van der Waals surface area contributed by atoms with Gasteiger partial charge in [0.1, 0.15) is 6.04 Å². The van der Waals surface area contributed by atoms with Gasteiger partial charge in [0.2, 0.25) is 11.8 Å². The zero-order valence-electron chi connectivity index (χ0n) is 18.0. The molecule has 0 aliphatic carbocycles. The van der Waals surface area contributed by atoms with E-state index in [1.807, 2.05) is 50.2 Å². The van der Waals surface area contributed by atoms with E-state index in [0.29, 0.717) is 48.4 Å². The number of para-hydroxylation sites is 1. The summed E-state index contributed by atoms with van der Waals surface area (Å²) in [5.74, 6) is 0.929. The van der Waals surface area contributed by atoms with E-state index < -0.39 is 6.04 Å². The number of carbonyl (C=O) groups is 2. The molecule has 0 N–H and O–H groups in total. The first-order valence-corrected chi connectivity index (χ1v) is 10.7. The van der Waals surface area contributed by atoms with Crippen LogP contribution < -0.4 is 14.4 Å². The van der Waals surface area contributed by atoms with E-state index in [1.165, 1.54) is 11.0 Å². The lowest BCUT2D eigenvalue weighted by atomic mass is 10.1. The van der Waals surface area contributed by atoms with Crippen LogP contribution in [-0.2, 0) is 9.59 Å². The molecule has 3 rings (SSSR count). The van der Waals surface area contributed by atoms with Crippen LogP contribution in [0.25, 0.3) is 6.08 Å². The van der Waals surface area contributed by atoms with Gasteiger partial charge in [0, 0.05) is 19.7 Å². The normalized spacial score (nSPS) is 16.1. The van der Waals surface area contributed by atoms with Crippen molar-refractivity contribution in [1.29, 1.82) is 0 Å². The number of halogens is 1. The number of hydrogen-bond donors (Lipinski definition) is 0. The number of ether oxygens (including phenoxy) is 2. The van der Waals surface area contributed by atoms with Crippen molar-refractivity contribution < 1.29 is 19.1 Å². The van der Waals surface area contributed by atoms with Crippen molar-refractivity contribution in [1.82, 2.24) is 4.90 Å². The second-order valence-electron chi connectivity index (χ2n) is 7.10. The Kier molecular flexibility index (Phi) is 7.58. The maximum atomic E-state index is 12.9. The third-order valence-electron chi connectivity index (χ3n) is 5.12. The predicted octanol–water partition coefficient (Wildman–Crippen LogP) is 4.41. The predicted molar refractivity (Wildman–Crippen MR) is 123 cm³/mol. The molecule has 1 saturated heterocycles. The van der Waals surface area contributed by atoms with Gasteiger partial charge >= 0.3 is 0 Å². The summed E-state index contributed by atoms with van der Waals surface area (Å²) < 4.78 is 11.2. The lowest BCUT2D eigenvalue weighted by molar-refractivity contribution is -0.132. The van der Waals surface area contributed by atoms with E-state index in [1.54, 1.807) is 24.1 Å². The van der Waals surface area contributed by atoms with Crippen LogP contribution in [0.5, 0.6) is 11.5 Å². The largest absolute Gasteiger partial charge is 0.490 e. The minimum atomic E-state index is -0.521. The molecule has 1 aliphatic heterocycles. The van der Waals surface area contributed by atoms with Crippen molar-refractivity contribution in [3.8, 4) is 11.5 Å². The Labute approximate surface area is 188 Å². The van der Waals surface area contributed by atoms with E-state index in [9.17, 15) is 9.59 Å². The van der Waals surface area contributed by atoms with Crippen molar-refractivity contribution in [2.45, 2.75) is 26.3 Å². The topological polar surface area (TPSA) is 59.1 Å². The number of amides is 2. The third-order valence-corrected chi connectivity index (χ3v) is 5.44. The van der Waals surface area contributed by atoms with E-state index >= 15 is 0 Å². The number of benzene rings is 2. The number of anilines is 1. The van der Waals surface area contributed by atoms with Gasteiger partial charge in [-0.15, -0.1) is 0 Å². The fourth-order valence-corrected chi connectivity index (χ4v) is 3.78. The van der Waals surface area contributed by atoms with Gasteiger partial charge in [-0.3, -0.25) is 9.59 Å². The second-order valence-corrected chi connectivity index (χ2v) is 7.51. The Hall–Kier alpha value is -2.99. The molecule has 1 heterocycles. The molecule has 0 aromatic heterocycles. The van der Waals surface area contributed by atoms with Crippen molar-refractivity contribution in [2.24, 2.45) is 0 Å². The minimum absolute atomic E-state index is 0.128. The quantitative estimate of drug-likeness (QED) is 0.568. The van der Waals surface area contributed by atoms with Crippen LogP contribution in [0.15, 0.2) is 48.5 Å². The summed E-state index contributed by atoms with van der Waals surface area (Å²) in [6.07, 6.45) is 3.73. The van der Waals surface area contributed by atoms with Gasteiger partial charge in [-0.2, -0.15) is 0 Å². The van der Waals surface area contributed by atoms with Crippen LogP contribution in [0.4, 0.5) is 5.69 Å². The number of likely N-dealkylation sites (N-methyl/N-ethyl adjacent to an activating group) is 1. The van der Waals surface area contributed by atoms with Crippen LogP contribution >= 0.6 is 11.6 Å². The number of nitrogens with zero attached hydrogens (tertiary/aromatic N) is 2. The summed E-state index contributed by atoms with van der Waals surface area (Å²) in [5.41, 5.74) is 1.48. The fourth-order valence-electron chi connectivity index (χ4n) is 3.54. The maximum Gasteiger partial charge on any atom is 0.249 e. The average Bonchev–Trinajstić information content (AvgIpc) is 3.14. The number of carbonyl (C=O) groups excluding carboxylic acids is 2. The highest BCUT2D eigenvalue weighted by atomic mass is 35.5. The van der Waals surface area contributed by atoms with Gasteiger partial charge in [-0.25, -0.2) is 0 Å². The summed E-state index contributed by atoms with van der Waals surface area (Å²) >= 11 is 6.24. The van der Waals surface area contributed by atoms with Gasteiger partial charge in [0.15, 0.2) is 11.5 Å². The highest BCUT2D eigenvalue weighted by Gasteiger charge is 2.37. The molecule has 2 amide bonds. The smallest absolute Gasteiger partial charge is 0.249 e. The summed E-state index contributed by atoms with van der Waals surface area (Å²) in [5, 5.41) is 0.519. The molecule has 31 heavy (non-hydrogen) atoms. The van der Waals surface area contributed by atoms with Crippen molar-refractivity contribution >= 4 is 35.2 Å². The van der Waals surface area contributed by atoms with Crippen molar-refractivity contribution in [3.05, 3.63) is 59.1 Å². The fraction of sp³-hybridized carbons (Fsp3) is 0.333. The van der Waals surface area contributed by atoms with Crippen LogP contribution in [0.1, 0.15) is 25.8 Å². The van der Waals surface area contributed by atoms with E-state index in [0.717, 1.165) is 5.56 Å². The molecule has 1 atom stereocenters. The molecule has 0 saturated carbocycles. The van der Waals surface area contributed by atoms with Gasteiger partial charge in [0.25, 0.3) is 0 Å². The van der Waals surface area contributed by atoms with Gasteiger partial charge in [0.05, 0.1) is 23.9 Å². The molecular weight excluding hydrogens is 416 g/mol. The summed E-state index contributed by atoms with van der Waals surface area (Å²) in [4.78, 5) is 28.8. The molecule has 0 spiro atoms. The molecule has 0 radical (unpaired) electrons. The first kappa shape index (κ1) is 22.7. The Bertz CT molecular complexity index is 976. The molecule has 1 fully saturated rings. The van der Waals surface area contributed by atoms with Crippen LogP contribution in [0.2, 0.25) is 5.02 Å². The van der Waals surface area contributed by atoms with Crippen molar-refractivity contribution in [2.75, 3.05) is 31.7 Å². The standard InChI is InChI=1S/C24H27ClN2O4/c1-4-30-21-12-10-17(16-22(21)31-5-2)11-13-23(28)26(3)20-14-15-27(24(20)29)19-9-7-6-8-18(19)25/h6-13,16,20H,4-5,14-15H2,1-3H3. The molecule has 2 aromatic rings. The number of hydrogen-bond acceptors (Lipinski definition) is 4. The van der Waals surface area contributed by atoms with Crippen LogP contribution in [-0.4, -0.2) is 49.6 Å². The van der Waals surface area contributed by atoms with E-state index in [2.05, 4.69) is 0 Å². The SMILES string of the molecule is CCOc1ccc(C=CC(=O)N(C)C2CCN(c3ccccc3Cl)C2=O)cc1OCC. The second kappa shape index (κ2) is 10.4. The molecule has 6 nitrogen and oxygen atoms in total. The molecule has 0 bridgehead atoms. The zero-order valence-corrected chi connectivity index (χ0v) is 18.8. The highest BCUT2D eigenvalue weighted by molar-refractivity contribution is 6.34. The summed E-state index contributed by atoms with van der Waals surface area (Å²) in [7, 11) is 1.65. The molecule has 1 aliphatic rings. The third kappa shape index (κ3) is 5.20. The molecular formula is C24H27ClN2O4. The Morgan fingerprint density at radius 2 is 1.87 bits per heavy atom. The monoisotopic (exact) mass is 442 g/mol. The lowest BCUT2D eigenvalue weighted by Gasteiger charge is -2.23. The van der Waals surface area contributed by atoms with Gasteiger partial charge in [-0.05, 0) is 56.2 Å². The molecule has 1 unspecified atom stereocenters. The molecule has 7 heteroatoms. The lowest BCUT2D eigenvalue weighted by Crippen LogP contribution is -2.42. The summed E-state index contributed by atoms with van der Waals surface area (Å²) in [6, 6.07) is 12.2. The van der Waals surface area contributed by atoms with Crippen molar-refractivity contribution in [3.63, 3.8) is 0 Å². The average molecular weight is 443 g/mol. The van der Waals surface area contributed by atoms with Gasteiger partial charge < -0.3 is 19.3 Å². The van der Waals surface area contributed by atoms with E-state index in [4.69, 9.17) is 21.1 Å². The number of rotatable bonds is 8. The van der Waals surface area contributed by atoms with E-state index in [-0.39, 0.29) is 11.8 Å². The summed E-state index contributed by atoms with van der Waals surface area (Å²) in [6.45, 7) is 5.39. The van der Waals surface area contributed by atoms with Crippen LogP contribution in [0.3, 0.4) is 0 Å². The maximum absolute atomic E-state index is 12.9. The first-order valence-electron chi connectivity index (χ1n) is 10.4.